The van der Waals surface area contributed by atoms with Crippen LogP contribution in [0.15, 0.2) is 23.3 Å². The molecule has 0 spiro atoms. The number of morpholine rings is 2. The van der Waals surface area contributed by atoms with E-state index in [4.69, 9.17) is 9.47 Å². The van der Waals surface area contributed by atoms with Gasteiger partial charge in [0.25, 0.3) is 0 Å². The Kier molecular flexibility index (Phi) is 12.0. The largest absolute Gasteiger partial charge is 0.379 e. The summed E-state index contributed by atoms with van der Waals surface area (Å²) in [6.07, 6.45) is 3.36. The first-order chi connectivity index (χ1) is 15.0. The number of aromatic nitrogens is 1. The van der Waals surface area contributed by atoms with Crippen LogP contribution in [0.2, 0.25) is 0 Å². The average molecular weight is 561 g/mol. The lowest BCUT2D eigenvalue weighted by Gasteiger charge is -2.35. The number of rotatable bonds is 8. The first-order valence-electron chi connectivity index (χ1n) is 11.6. The molecule has 3 rings (SSSR count). The number of hydrogen-bond acceptors (Lipinski definition) is 6. The third-order valence-corrected chi connectivity index (χ3v) is 5.87. The highest BCUT2D eigenvalue weighted by Gasteiger charge is 2.22. The van der Waals surface area contributed by atoms with E-state index in [9.17, 15) is 0 Å². The Morgan fingerprint density at radius 3 is 2.59 bits per heavy atom. The number of halogens is 1. The topological polar surface area (TPSA) is 74.2 Å². The molecule has 2 atom stereocenters. The first kappa shape index (κ1) is 27.1. The molecule has 1 aromatic heterocycles. The number of nitrogens with one attached hydrogen (secondary N) is 2. The Hall–Kier alpha value is -1.17. The summed E-state index contributed by atoms with van der Waals surface area (Å²) < 4.78 is 11.1. The molecule has 0 saturated carbocycles. The van der Waals surface area contributed by atoms with Crippen molar-refractivity contribution in [1.82, 2.24) is 20.5 Å². The minimum atomic E-state index is 0. The van der Waals surface area contributed by atoms with Crippen LogP contribution in [-0.4, -0.2) is 87.6 Å². The molecule has 2 aliphatic rings. The van der Waals surface area contributed by atoms with E-state index in [0.717, 1.165) is 76.3 Å². The van der Waals surface area contributed by atoms with Gasteiger partial charge in [0, 0.05) is 58.6 Å². The van der Waals surface area contributed by atoms with Crippen LogP contribution in [-0.2, 0) is 16.0 Å². The SMILES string of the molecule is CN=C(NCc1ccc(N2CCOC(C)C2)nc1)NCC(CC(C)C)N1CCOCC1.I. The first-order valence-corrected chi connectivity index (χ1v) is 11.6. The highest BCUT2D eigenvalue weighted by molar-refractivity contribution is 14.0. The molecule has 2 N–H and O–H groups in total. The van der Waals surface area contributed by atoms with Gasteiger partial charge in [0.2, 0.25) is 0 Å². The molecule has 2 fully saturated rings. The number of aliphatic imine (C=N–C) groups is 1. The summed E-state index contributed by atoms with van der Waals surface area (Å²) in [6.45, 7) is 14.5. The van der Waals surface area contributed by atoms with Gasteiger partial charge in [0.1, 0.15) is 5.82 Å². The zero-order chi connectivity index (χ0) is 22.1. The number of pyridine rings is 1. The van der Waals surface area contributed by atoms with Gasteiger partial charge in [-0.2, -0.15) is 0 Å². The predicted molar refractivity (Wildman–Crippen MR) is 141 cm³/mol. The van der Waals surface area contributed by atoms with E-state index in [0.29, 0.717) is 18.5 Å². The quantitative estimate of drug-likeness (QED) is 0.287. The Balaban J connectivity index is 0.00000363. The maximum atomic E-state index is 5.62. The van der Waals surface area contributed by atoms with E-state index in [1.807, 2.05) is 13.2 Å². The molecule has 0 aromatic carbocycles. The van der Waals surface area contributed by atoms with Gasteiger partial charge in [-0.05, 0) is 30.9 Å². The summed E-state index contributed by atoms with van der Waals surface area (Å²) in [5.41, 5.74) is 1.14. The molecule has 2 unspecified atom stereocenters. The molecule has 1 aromatic rings. The molecule has 0 bridgehead atoms. The molecule has 8 nitrogen and oxygen atoms in total. The second kappa shape index (κ2) is 14.2. The van der Waals surface area contributed by atoms with Crippen LogP contribution in [0.25, 0.3) is 0 Å². The van der Waals surface area contributed by atoms with Gasteiger partial charge in [-0.1, -0.05) is 19.9 Å². The Bertz CT molecular complexity index is 682. The van der Waals surface area contributed by atoms with Crippen molar-refractivity contribution in [2.45, 2.75) is 45.9 Å². The fraction of sp³-hybridized carbons (Fsp3) is 0.739. The third-order valence-electron chi connectivity index (χ3n) is 5.87. The van der Waals surface area contributed by atoms with Crippen LogP contribution in [0.5, 0.6) is 0 Å². The van der Waals surface area contributed by atoms with Crippen LogP contribution in [0, 0.1) is 5.92 Å². The van der Waals surface area contributed by atoms with Gasteiger partial charge in [-0.25, -0.2) is 4.98 Å². The van der Waals surface area contributed by atoms with Gasteiger partial charge in [0.15, 0.2) is 5.96 Å². The number of ether oxygens (including phenoxy) is 2. The molecule has 2 saturated heterocycles. The third kappa shape index (κ3) is 8.64. The molecule has 0 amide bonds. The van der Waals surface area contributed by atoms with Crippen LogP contribution >= 0.6 is 24.0 Å². The van der Waals surface area contributed by atoms with Crippen molar-refractivity contribution in [3.05, 3.63) is 23.9 Å². The van der Waals surface area contributed by atoms with Gasteiger partial charge in [0.05, 0.1) is 25.9 Å². The van der Waals surface area contributed by atoms with Crippen molar-refractivity contribution in [1.29, 1.82) is 0 Å². The van der Waals surface area contributed by atoms with Gasteiger partial charge in [-0.15, -0.1) is 24.0 Å². The fourth-order valence-electron chi connectivity index (χ4n) is 4.20. The van der Waals surface area contributed by atoms with Gasteiger partial charge >= 0.3 is 0 Å². The number of anilines is 1. The lowest BCUT2D eigenvalue weighted by Crippen LogP contribution is -2.50. The molecule has 9 heteroatoms. The van der Waals surface area contributed by atoms with Crippen LogP contribution in [0.4, 0.5) is 5.82 Å². The predicted octanol–water partition coefficient (Wildman–Crippen LogP) is 2.34. The van der Waals surface area contributed by atoms with Crippen molar-refractivity contribution in [3.8, 4) is 0 Å². The lowest BCUT2D eigenvalue weighted by atomic mass is 10.0. The van der Waals surface area contributed by atoms with Crippen molar-refractivity contribution >= 4 is 35.8 Å². The Morgan fingerprint density at radius 2 is 1.97 bits per heavy atom. The smallest absolute Gasteiger partial charge is 0.191 e. The van der Waals surface area contributed by atoms with E-state index in [2.05, 4.69) is 63.3 Å². The average Bonchev–Trinajstić information content (AvgIpc) is 2.79. The zero-order valence-electron chi connectivity index (χ0n) is 20.0. The van der Waals surface area contributed by atoms with Gasteiger partial charge < -0.3 is 25.0 Å². The molecule has 2 aliphatic heterocycles. The normalized spacial score (nSPS) is 21.2. The van der Waals surface area contributed by atoms with E-state index in [1.54, 1.807) is 0 Å². The monoisotopic (exact) mass is 560 g/mol. The maximum absolute atomic E-state index is 5.62. The van der Waals surface area contributed by atoms with E-state index < -0.39 is 0 Å². The molecule has 32 heavy (non-hydrogen) atoms. The lowest BCUT2D eigenvalue weighted by molar-refractivity contribution is 0.0132. The second-order valence-corrected chi connectivity index (χ2v) is 8.89. The van der Waals surface area contributed by atoms with Crippen LogP contribution in [0.1, 0.15) is 32.8 Å². The van der Waals surface area contributed by atoms with Crippen LogP contribution < -0.4 is 15.5 Å². The minimum absolute atomic E-state index is 0. The summed E-state index contributed by atoms with van der Waals surface area (Å²) in [6, 6.07) is 4.72. The highest BCUT2D eigenvalue weighted by atomic mass is 127. The zero-order valence-corrected chi connectivity index (χ0v) is 22.4. The Labute approximate surface area is 210 Å². The molecule has 0 aliphatic carbocycles. The van der Waals surface area contributed by atoms with Crippen LogP contribution in [0.3, 0.4) is 0 Å². The van der Waals surface area contributed by atoms with E-state index >= 15 is 0 Å². The highest BCUT2D eigenvalue weighted by Crippen LogP contribution is 2.16. The minimum Gasteiger partial charge on any atom is -0.379 e. The standard InChI is InChI=1S/C23H40N6O2.HI/c1-18(2)13-21(28-7-10-30-11-8-28)16-27-23(24-4)26-15-20-5-6-22(25-14-20)29-9-12-31-19(3)17-29;/h5-6,14,18-19,21H,7-13,15-17H2,1-4H3,(H2,24,26,27);1H. The number of nitrogens with zero attached hydrogens (tertiary/aromatic N) is 4. The number of hydrogen-bond donors (Lipinski definition) is 2. The molecule has 0 radical (unpaired) electrons. The molecule has 3 heterocycles. The summed E-state index contributed by atoms with van der Waals surface area (Å²) in [5, 5.41) is 6.95. The summed E-state index contributed by atoms with van der Waals surface area (Å²) in [4.78, 5) is 13.9. The second-order valence-electron chi connectivity index (χ2n) is 8.89. The number of guanidine groups is 1. The molecule has 182 valence electrons. The molecular formula is C23H41IN6O2. The summed E-state index contributed by atoms with van der Waals surface area (Å²) in [5.74, 6) is 2.50. The van der Waals surface area contributed by atoms with Crippen molar-refractivity contribution < 1.29 is 9.47 Å². The van der Waals surface area contributed by atoms with Crippen molar-refractivity contribution in [3.63, 3.8) is 0 Å². The maximum Gasteiger partial charge on any atom is 0.191 e. The Morgan fingerprint density at radius 1 is 1.19 bits per heavy atom. The van der Waals surface area contributed by atoms with Crippen molar-refractivity contribution in [2.24, 2.45) is 10.9 Å². The summed E-state index contributed by atoms with van der Waals surface area (Å²) in [7, 11) is 1.82. The van der Waals surface area contributed by atoms with Crippen molar-refractivity contribution in [2.75, 3.05) is 64.5 Å². The van der Waals surface area contributed by atoms with Gasteiger partial charge in [-0.3, -0.25) is 9.89 Å². The molecular weight excluding hydrogens is 519 g/mol. The fourth-order valence-corrected chi connectivity index (χ4v) is 4.20. The van der Waals surface area contributed by atoms with E-state index in [-0.39, 0.29) is 30.1 Å². The van der Waals surface area contributed by atoms with E-state index in [1.165, 1.54) is 0 Å². The summed E-state index contributed by atoms with van der Waals surface area (Å²) >= 11 is 0.